The maximum Gasteiger partial charge on any atom is 0.251 e. The maximum absolute atomic E-state index is 12.3. The van der Waals surface area contributed by atoms with Crippen molar-refractivity contribution in [2.24, 2.45) is 11.5 Å². The normalized spacial score (nSPS) is 10.5. The highest BCUT2D eigenvalue weighted by molar-refractivity contribution is 7.90. The van der Waals surface area contributed by atoms with Crippen molar-refractivity contribution in [1.82, 2.24) is 4.98 Å². The van der Waals surface area contributed by atoms with Gasteiger partial charge in [0.1, 0.15) is 0 Å². The molecular formula is C25H32ClN3O5S3. The van der Waals surface area contributed by atoms with Crippen LogP contribution in [-0.2, 0) is 9.84 Å². The van der Waals surface area contributed by atoms with E-state index in [1.807, 2.05) is 49.4 Å². The lowest BCUT2D eigenvalue weighted by atomic mass is 9.94. The standard InChI is InChI=1S/C22H20ClNO2S.2CH3NOS.CH4.H2O/c1-4-15(2)17-13-20(16-9-11-18(23)12-10-16)22(24-14-17)19-7-5-6-8-21(19)27(3,25)26;2*2-1(3)4;;/h4-15H,1H2,2-3H3;2*(H3,2,3,4);1H4;1H2. The molecule has 3 rings (SSSR count). The molecule has 0 aliphatic heterocycles. The molecule has 0 aliphatic carbocycles. The highest BCUT2D eigenvalue weighted by Crippen LogP contribution is 2.36. The first-order valence-corrected chi connectivity index (χ1v) is 13.0. The van der Waals surface area contributed by atoms with Gasteiger partial charge in [0.05, 0.1) is 10.6 Å². The molecule has 0 aliphatic rings. The van der Waals surface area contributed by atoms with Gasteiger partial charge >= 0.3 is 0 Å². The van der Waals surface area contributed by atoms with Crippen LogP contribution in [0.1, 0.15) is 25.8 Å². The summed E-state index contributed by atoms with van der Waals surface area (Å²) in [5, 5.41) is 14.8. The molecule has 8 nitrogen and oxygen atoms in total. The lowest BCUT2D eigenvalue weighted by Crippen LogP contribution is -2.03. The van der Waals surface area contributed by atoms with Gasteiger partial charge in [0.15, 0.2) is 9.84 Å². The number of thiocarbonyl (C=S) groups is 2. The number of pyridine rings is 1. The smallest absolute Gasteiger partial charge is 0.251 e. The number of benzene rings is 2. The van der Waals surface area contributed by atoms with Gasteiger partial charge < -0.3 is 27.2 Å². The predicted molar refractivity (Wildman–Crippen MR) is 161 cm³/mol. The molecule has 0 radical (unpaired) electrons. The molecule has 202 valence electrons. The molecular weight excluding hydrogens is 554 g/mol. The number of sulfone groups is 1. The van der Waals surface area contributed by atoms with E-state index in [1.54, 1.807) is 24.4 Å². The number of rotatable bonds is 5. The lowest BCUT2D eigenvalue weighted by Gasteiger charge is -2.15. The Kier molecular flexibility index (Phi) is 16.2. The fourth-order valence-electron chi connectivity index (χ4n) is 2.92. The Hall–Kier alpha value is -3.09. The SMILES string of the molecule is C.C=CC(C)c1cnc(-c2ccccc2S(C)(=O)=O)c(-c2ccc(Cl)cc2)c1.NC(O)=S.NC(O)=S.O. The van der Waals surface area contributed by atoms with Crippen molar-refractivity contribution in [1.29, 1.82) is 0 Å². The monoisotopic (exact) mass is 585 g/mol. The van der Waals surface area contributed by atoms with Gasteiger partial charge in [-0.15, -0.1) is 6.58 Å². The number of halogens is 1. The molecule has 0 amide bonds. The fourth-order valence-corrected chi connectivity index (χ4v) is 3.93. The number of hydrogen-bond donors (Lipinski definition) is 4. The Labute approximate surface area is 233 Å². The Morgan fingerprint density at radius 1 is 1.05 bits per heavy atom. The maximum atomic E-state index is 12.3. The first-order valence-electron chi connectivity index (χ1n) is 9.92. The molecule has 2 aromatic carbocycles. The van der Waals surface area contributed by atoms with E-state index >= 15 is 0 Å². The topological polar surface area (TPSA) is 171 Å². The van der Waals surface area contributed by atoms with E-state index in [-0.39, 0.29) is 23.7 Å². The van der Waals surface area contributed by atoms with Crippen LogP contribution in [0, 0.1) is 0 Å². The van der Waals surface area contributed by atoms with E-state index in [1.165, 1.54) is 6.26 Å². The zero-order chi connectivity index (χ0) is 26.8. The summed E-state index contributed by atoms with van der Waals surface area (Å²) in [6.07, 6.45) is 4.84. The summed E-state index contributed by atoms with van der Waals surface area (Å²) in [6, 6.07) is 16.4. The van der Waals surface area contributed by atoms with E-state index < -0.39 is 20.2 Å². The minimum absolute atomic E-state index is 0. The van der Waals surface area contributed by atoms with Gasteiger partial charge in [-0.2, -0.15) is 0 Å². The van der Waals surface area contributed by atoms with Gasteiger partial charge in [-0.05, 0) is 59.8 Å². The van der Waals surface area contributed by atoms with Crippen LogP contribution in [0.4, 0.5) is 0 Å². The van der Waals surface area contributed by atoms with Crippen molar-refractivity contribution in [2.45, 2.75) is 25.2 Å². The lowest BCUT2D eigenvalue weighted by molar-refractivity contribution is 0.559. The van der Waals surface area contributed by atoms with Crippen LogP contribution in [0.25, 0.3) is 22.4 Å². The summed E-state index contributed by atoms with van der Waals surface area (Å²) in [4.78, 5) is 4.91. The van der Waals surface area contributed by atoms with Crippen molar-refractivity contribution in [3.63, 3.8) is 0 Å². The molecule has 0 spiro atoms. The number of aliphatic hydroxyl groups excluding tert-OH is 2. The Bertz CT molecular complexity index is 1280. The van der Waals surface area contributed by atoms with Crippen LogP contribution in [0.3, 0.4) is 0 Å². The number of aliphatic hydroxyl groups is 2. The molecule has 37 heavy (non-hydrogen) atoms. The molecule has 1 heterocycles. The van der Waals surface area contributed by atoms with Crippen molar-refractivity contribution < 1.29 is 24.1 Å². The van der Waals surface area contributed by atoms with Gasteiger partial charge in [0.25, 0.3) is 10.3 Å². The molecule has 0 saturated heterocycles. The first kappa shape index (κ1) is 36.1. The van der Waals surface area contributed by atoms with Crippen molar-refractivity contribution in [3.05, 3.63) is 84.0 Å². The Balaban J connectivity index is 0. The van der Waals surface area contributed by atoms with E-state index in [9.17, 15) is 8.42 Å². The average Bonchev–Trinajstić information content (AvgIpc) is 2.77. The van der Waals surface area contributed by atoms with E-state index in [0.29, 0.717) is 16.3 Å². The van der Waals surface area contributed by atoms with Gasteiger partial charge in [-0.3, -0.25) is 4.98 Å². The summed E-state index contributed by atoms with van der Waals surface area (Å²) < 4.78 is 24.6. The number of allylic oxidation sites excluding steroid dienone is 1. The first-order chi connectivity index (χ1) is 16.3. The quantitative estimate of drug-likeness (QED) is 0.233. The third-order valence-corrected chi connectivity index (χ3v) is 5.89. The summed E-state index contributed by atoms with van der Waals surface area (Å²) >= 11 is 13.8. The van der Waals surface area contributed by atoms with Crippen LogP contribution in [0.5, 0.6) is 0 Å². The summed E-state index contributed by atoms with van der Waals surface area (Å²) in [6.45, 7) is 5.89. The number of aromatic nitrogens is 1. The van der Waals surface area contributed by atoms with Crippen molar-refractivity contribution >= 4 is 56.2 Å². The van der Waals surface area contributed by atoms with Crippen LogP contribution < -0.4 is 11.5 Å². The van der Waals surface area contributed by atoms with E-state index in [2.05, 4.69) is 47.5 Å². The highest BCUT2D eigenvalue weighted by Gasteiger charge is 2.19. The fraction of sp³-hybridized carbons (Fsp3) is 0.160. The van der Waals surface area contributed by atoms with E-state index in [0.717, 1.165) is 16.7 Å². The number of hydrogen-bond acceptors (Lipinski definition) is 5. The zero-order valence-corrected chi connectivity index (χ0v) is 22.8. The van der Waals surface area contributed by atoms with Gasteiger partial charge in [-0.25, -0.2) is 8.42 Å². The molecule has 1 atom stereocenters. The Morgan fingerprint density at radius 3 is 2.00 bits per heavy atom. The number of nitrogens with zero attached hydrogens (tertiary/aromatic N) is 1. The third-order valence-electron chi connectivity index (χ3n) is 4.49. The molecule has 3 aromatic rings. The molecule has 1 aromatic heterocycles. The third kappa shape index (κ3) is 12.1. The minimum atomic E-state index is -3.40. The van der Waals surface area contributed by atoms with Crippen LogP contribution >= 0.6 is 36.0 Å². The largest absolute Gasteiger partial charge is 0.487 e. The second-order valence-corrected chi connectivity index (χ2v) is 10.4. The molecule has 0 bridgehead atoms. The second-order valence-electron chi connectivity index (χ2n) is 7.14. The molecule has 1 unspecified atom stereocenters. The van der Waals surface area contributed by atoms with E-state index in [4.69, 9.17) is 21.8 Å². The van der Waals surface area contributed by atoms with Gasteiger partial charge in [0, 0.05) is 34.5 Å². The van der Waals surface area contributed by atoms with Crippen LogP contribution in [0.2, 0.25) is 5.02 Å². The summed E-state index contributed by atoms with van der Waals surface area (Å²) in [5.74, 6) is 0.128. The van der Waals surface area contributed by atoms with Crippen LogP contribution in [0.15, 0.2) is 78.3 Å². The summed E-state index contributed by atoms with van der Waals surface area (Å²) in [5.41, 5.74) is 12.8. The van der Waals surface area contributed by atoms with Crippen molar-refractivity contribution in [3.8, 4) is 22.4 Å². The van der Waals surface area contributed by atoms with Crippen LogP contribution in [-0.4, -0.2) is 45.7 Å². The predicted octanol–water partition coefficient (Wildman–Crippen LogP) is 5.15. The minimum Gasteiger partial charge on any atom is -0.487 e. The van der Waals surface area contributed by atoms with Gasteiger partial charge in [-0.1, -0.05) is 62.4 Å². The molecule has 12 heteroatoms. The summed E-state index contributed by atoms with van der Waals surface area (Å²) in [7, 11) is -3.40. The average molecular weight is 586 g/mol. The number of nitrogens with two attached hydrogens (primary N) is 2. The Morgan fingerprint density at radius 2 is 1.54 bits per heavy atom. The molecule has 0 fully saturated rings. The highest BCUT2D eigenvalue weighted by atomic mass is 35.5. The van der Waals surface area contributed by atoms with Gasteiger partial charge in [0.2, 0.25) is 0 Å². The zero-order valence-electron chi connectivity index (χ0n) is 19.6. The second kappa shape index (κ2) is 16.6. The van der Waals surface area contributed by atoms with Crippen molar-refractivity contribution in [2.75, 3.05) is 6.26 Å². The molecule has 8 N–H and O–H groups in total. The molecule has 0 saturated carbocycles.